The van der Waals surface area contributed by atoms with Gasteiger partial charge in [0.05, 0.1) is 7.11 Å². The highest BCUT2D eigenvalue weighted by atomic mass is 79.9. The Balaban J connectivity index is 2.01. The standard InChI is InChI=1S/C16H15BrO/c1-18-15-11-9-13(10-12-15)5-4-7-14-6-2-3-8-16(14)17/h2-6,8-12H,7H2,1H3. The predicted octanol–water partition coefficient (Wildman–Crippen LogP) is 4.71. The molecule has 1 nitrogen and oxygen atoms in total. The summed E-state index contributed by atoms with van der Waals surface area (Å²) >= 11 is 3.55. The molecule has 2 heteroatoms. The summed E-state index contributed by atoms with van der Waals surface area (Å²) in [5.41, 5.74) is 2.48. The second-order valence-corrected chi connectivity index (χ2v) is 4.83. The summed E-state index contributed by atoms with van der Waals surface area (Å²) in [6.07, 6.45) is 5.22. The van der Waals surface area contributed by atoms with Crippen LogP contribution in [0.4, 0.5) is 0 Å². The first kappa shape index (κ1) is 12.9. The van der Waals surface area contributed by atoms with Gasteiger partial charge in [0, 0.05) is 4.47 Å². The quantitative estimate of drug-likeness (QED) is 0.794. The molecule has 0 spiro atoms. The third kappa shape index (κ3) is 3.47. The Morgan fingerprint density at radius 1 is 1.06 bits per heavy atom. The van der Waals surface area contributed by atoms with Gasteiger partial charge in [-0.1, -0.05) is 58.4 Å². The molecule has 0 amide bonds. The number of hydrogen-bond acceptors (Lipinski definition) is 1. The highest BCUT2D eigenvalue weighted by Gasteiger charge is 1.95. The number of ether oxygens (including phenoxy) is 1. The van der Waals surface area contributed by atoms with Crippen molar-refractivity contribution in [1.82, 2.24) is 0 Å². The molecule has 0 atom stereocenters. The second kappa shape index (κ2) is 6.41. The molecule has 2 aromatic carbocycles. The molecule has 0 unspecified atom stereocenters. The van der Waals surface area contributed by atoms with Crippen molar-refractivity contribution in [1.29, 1.82) is 0 Å². The molecular weight excluding hydrogens is 288 g/mol. The molecule has 0 saturated carbocycles. The van der Waals surface area contributed by atoms with E-state index >= 15 is 0 Å². The van der Waals surface area contributed by atoms with E-state index in [0.717, 1.165) is 16.6 Å². The third-order valence-corrected chi connectivity index (χ3v) is 3.50. The number of allylic oxidation sites excluding steroid dienone is 1. The van der Waals surface area contributed by atoms with Crippen LogP contribution in [-0.4, -0.2) is 7.11 Å². The molecule has 18 heavy (non-hydrogen) atoms. The van der Waals surface area contributed by atoms with Crippen molar-refractivity contribution in [2.24, 2.45) is 0 Å². The van der Waals surface area contributed by atoms with Crippen molar-refractivity contribution in [2.45, 2.75) is 6.42 Å². The van der Waals surface area contributed by atoms with Gasteiger partial charge in [-0.3, -0.25) is 0 Å². The molecule has 0 fully saturated rings. The molecule has 92 valence electrons. The lowest BCUT2D eigenvalue weighted by atomic mass is 10.1. The summed E-state index contributed by atoms with van der Waals surface area (Å²) < 4.78 is 6.29. The molecule has 0 aliphatic heterocycles. The first-order valence-electron chi connectivity index (χ1n) is 5.83. The summed E-state index contributed by atoms with van der Waals surface area (Å²) in [7, 11) is 1.68. The van der Waals surface area contributed by atoms with Crippen molar-refractivity contribution in [2.75, 3.05) is 7.11 Å². The molecule has 2 rings (SSSR count). The maximum atomic E-state index is 5.13. The highest BCUT2D eigenvalue weighted by Crippen LogP contribution is 2.17. The van der Waals surface area contributed by atoms with Gasteiger partial charge in [-0.25, -0.2) is 0 Å². The monoisotopic (exact) mass is 302 g/mol. The van der Waals surface area contributed by atoms with Crippen LogP contribution in [0.15, 0.2) is 59.1 Å². The number of hydrogen-bond donors (Lipinski definition) is 0. The molecule has 0 aromatic heterocycles. The predicted molar refractivity (Wildman–Crippen MR) is 79.9 cm³/mol. The van der Waals surface area contributed by atoms with E-state index < -0.39 is 0 Å². The van der Waals surface area contributed by atoms with Gasteiger partial charge < -0.3 is 4.74 Å². The maximum absolute atomic E-state index is 5.13. The second-order valence-electron chi connectivity index (χ2n) is 3.97. The Morgan fingerprint density at radius 3 is 2.44 bits per heavy atom. The zero-order chi connectivity index (χ0) is 12.8. The minimum atomic E-state index is 0.887. The van der Waals surface area contributed by atoms with Crippen LogP contribution in [0, 0.1) is 0 Å². The molecular formula is C16H15BrO. The topological polar surface area (TPSA) is 9.23 Å². The number of methoxy groups -OCH3 is 1. The van der Waals surface area contributed by atoms with Crippen LogP contribution in [0.3, 0.4) is 0 Å². The first-order chi connectivity index (χ1) is 8.79. The summed E-state index contributed by atoms with van der Waals surface area (Å²) in [6, 6.07) is 16.3. The van der Waals surface area contributed by atoms with Crippen LogP contribution < -0.4 is 4.74 Å². The Labute approximate surface area is 116 Å². The maximum Gasteiger partial charge on any atom is 0.118 e. The van der Waals surface area contributed by atoms with Crippen LogP contribution >= 0.6 is 15.9 Å². The van der Waals surface area contributed by atoms with Gasteiger partial charge in [0.2, 0.25) is 0 Å². The van der Waals surface area contributed by atoms with E-state index in [0.29, 0.717) is 0 Å². The zero-order valence-electron chi connectivity index (χ0n) is 10.3. The highest BCUT2D eigenvalue weighted by molar-refractivity contribution is 9.10. The lowest BCUT2D eigenvalue weighted by Gasteiger charge is -2.00. The van der Waals surface area contributed by atoms with Gasteiger partial charge >= 0.3 is 0 Å². The molecule has 0 heterocycles. The lowest BCUT2D eigenvalue weighted by molar-refractivity contribution is 0.415. The van der Waals surface area contributed by atoms with Crippen LogP contribution in [0.2, 0.25) is 0 Å². The average molecular weight is 303 g/mol. The fourth-order valence-corrected chi connectivity index (χ4v) is 2.15. The SMILES string of the molecule is COc1ccc(C=CCc2ccccc2Br)cc1. The largest absolute Gasteiger partial charge is 0.497 e. The normalized spacial score (nSPS) is 10.8. The fraction of sp³-hybridized carbons (Fsp3) is 0.125. The van der Waals surface area contributed by atoms with E-state index in [9.17, 15) is 0 Å². The molecule has 0 bridgehead atoms. The van der Waals surface area contributed by atoms with Crippen molar-refractivity contribution >= 4 is 22.0 Å². The van der Waals surface area contributed by atoms with Gasteiger partial charge in [-0.15, -0.1) is 0 Å². The number of halogens is 1. The zero-order valence-corrected chi connectivity index (χ0v) is 11.9. The molecule has 0 aliphatic rings. The molecule has 2 aromatic rings. The lowest BCUT2D eigenvalue weighted by Crippen LogP contribution is -1.83. The van der Waals surface area contributed by atoms with Gasteiger partial charge in [0.25, 0.3) is 0 Å². The van der Waals surface area contributed by atoms with E-state index in [4.69, 9.17) is 4.74 Å². The van der Waals surface area contributed by atoms with Gasteiger partial charge in [0.1, 0.15) is 5.75 Å². The number of benzene rings is 2. The smallest absolute Gasteiger partial charge is 0.118 e. The molecule has 0 saturated heterocycles. The Morgan fingerprint density at radius 2 is 1.78 bits per heavy atom. The van der Waals surface area contributed by atoms with E-state index in [1.165, 1.54) is 11.1 Å². The summed E-state index contributed by atoms with van der Waals surface area (Å²) in [5.74, 6) is 0.887. The van der Waals surface area contributed by atoms with Gasteiger partial charge in [-0.05, 0) is 35.7 Å². The fourth-order valence-electron chi connectivity index (χ4n) is 1.70. The van der Waals surface area contributed by atoms with Gasteiger partial charge in [-0.2, -0.15) is 0 Å². The average Bonchev–Trinajstić information content (AvgIpc) is 2.42. The van der Waals surface area contributed by atoms with E-state index in [1.807, 2.05) is 18.2 Å². The van der Waals surface area contributed by atoms with E-state index in [2.05, 4.69) is 58.4 Å². The van der Waals surface area contributed by atoms with E-state index in [-0.39, 0.29) is 0 Å². The summed E-state index contributed by atoms with van der Waals surface area (Å²) in [5, 5.41) is 0. The molecule has 0 radical (unpaired) electrons. The Bertz CT molecular complexity index is 529. The minimum absolute atomic E-state index is 0.887. The summed E-state index contributed by atoms with van der Waals surface area (Å²) in [4.78, 5) is 0. The van der Waals surface area contributed by atoms with Crippen molar-refractivity contribution in [3.8, 4) is 5.75 Å². The Kier molecular flexibility index (Phi) is 4.59. The van der Waals surface area contributed by atoms with E-state index in [1.54, 1.807) is 7.11 Å². The van der Waals surface area contributed by atoms with Crippen LogP contribution in [-0.2, 0) is 6.42 Å². The number of rotatable bonds is 4. The van der Waals surface area contributed by atoms with Crippen molar-refractivity contribution < 1.29 is 4.74 Å². The Hall–Kier alpha value is -1.54. The molecule has 0 N–H and O–H groups in total. The van der Waals surface area contributed by atoms with Crippen LogP contribution in [0.1, 0.15) is 11.1 Å². The first-order valence-corrected chi connectivity index (χ1v) is 6.63. The van der Waals surface area contributed by atoms with Crippen LogP contribution in [0.5, 0.6) is 5.75 Å². The van der Waals surface area contributed by atoms with Crippen molar-refractivity contribution in [3.63, 3.8) is 0 Å². The van der Waals surface area contributed by atoms with Crippen molar-refractivity contribution in [3.05, 3.63) is 70.2 Å². The summed E-state index contributed by atoms with van der Waals surface area (Å²) in [6.45, 7) is 0. The third-order valence-electron chi connectivity index (χ3n) is 2.72. The molecule has 0 aliphatic carbocycles. The minimum Gasteiger partial charge on any atom is -0.497 e. The van der Waals surface area contributed by atoms with Crippen LogP contribution in [0.25, 0.3) is 6.08 Å². The van der Waals surface area contributed by atoms with Gasteiger partial charge in [0.15, 0.2) is 0 Å².